The molecule has 0 fully saturated rings. The number of amides is 1. The molecule has 0 radical (unpaired) electrons. The number of benzene rings is 1. The summed E-state index contributed by atoms with van der Waals surface area (Å²) in [6.07, 6.45) is 0.00566. The van der Waals surface area contributed by atoms with Gasteiger partial charge in [-0.05, 0) is 26.8 Å². The van der Waals surface area contributed by atoms with Crippen molar-refractivity contribution < 1.29 is 13.9 Å². The van der Waals surface area contributed by atoms with Crippen molar-refractivity contribution in [1.82, 2.24) is 4.90 Å². The minimum absolute atomic E-state index is 0.00566. The van der Waals surface area contributed by atoms with Gasteiger partial charge >= 0.3 is 0 Å². The van der Waals surface area contributed by atoms with Crippen LogP contribution in [0.5, 0.6) is 0 Å². The van der Waals surface area contributed by atoms with Crippen molar-refractivity contribution in [3.8, 4) is 0 Å². The van der Waals surface area contributed by atoms with Crippen LogP contribution in [-0.2, 0) is 9.53 Å². The molecule has 0 saturated carbocycles. The molecule has 4 heteroatoms. The number of carbonyl (C=O) groups excluding carboxylic acids is 1. The molecule has 3 nitrogen and oxygen atoms in total. The van der Waals surface area contributed by atoms with Crippen LogP contribution in [0.1, 0.15) is 32.4 Å². The van der Waals surface area contributed by atoms with Gasteiger partial charge in [0.05, 0.1) is 12.1 Å². The van der Waals surface area contributed by atoms with E-state index in [2.05, 4.69) is 0 Å². The molecule has 0 aliphatic carbocycles. The Kier molecular flexibility index (Phi) is 5.28. The van der Waals surface area contributed by atoms with Crippen molar-refractivity contribution in [3.63, 3.8) is 0 Å². The third kappa shape index (κ3) is 3.81. The van der Waals surface area contributed by atoms with Crippen LogP contribution in [0, 0.1) is 5.82 Å². The molecular weight excluding hydrogens is 233 g/mol. The summed E-state index contributed by atoms with van der Waals surface area (Å²) < 4.78 is 18.9. The summed E-state index contributed by atoms with van der Waals surface area (Å²) in [5.41, 5.74) is 0.512. The number of hydrogen-bond acceptors (Lipinski definition) is 2. The topological polar surface area (TPSA) is 29.5 Å². The highest BCUT2D eigenvalue weighted by atomic mass is 19.1. The van der Waals surface area contributed by atoms with Crippen LogP contribution in [-0.4, -0.2) is 30.6 Å². The molecule has 0 aliphatic heterocycles. The first-order valence-electron chi connectivity index (χ1n) is 6.05. The second-order valence-electron chi connectivity index (χ2n) is 4.56. The lowest BCUT2D eigenvalue weighted by molar-refractivity contribution is -0.138. The van der Waals surface area contributed by atoms with E-state index < -0.39 is 0 Å². The second-order valence-corrected chi connectivity index (χ2v) is 4.56. The monoisotopic (exact) mass is 253 g/mol. The minimum atomic E-state index is -0.311. The summed E-state index contributed by atoms with van der Waals surface area (Å²) in [5, 5.41) is 0. The fraction of sp³-hybridized carbons (Fsp3) is 0.500. The van der Waals surface area contributed by atoms with E-state index in [9.17, 15) is 9.18 Å². The van der Waals surface area contributed by atoms with Crippen molar-refractivity contribution in [2.24, 2.45) is 0 Å². The zero-order valence-electron chi connectivity index (χ0n) is 11.3. The molecule has 0 bridgehead atoms. The lowest BCUT2D eigenvalue weighted by Gasteiger charge is -2.26. The maximum Gasteiger partial charge on any atom is 0.248 e. The Bertz CT molecular complexity index is 407. The van der Waals surface area contributed by atoms with Gasteiger partial charge in [0.1, 0.15) is 12.4 Å². The van der Waals surface area contributed by atoms with Crippen LogP contribution in [0.4, 0.5) is 4.39 Å². The van der Waals surface area contributed by atoms with E-state index in [1.807, 2.05) is 13.8 Å². The van der Waals surface area contributed by atoms with E-state index in [0.29, 0.717) is 5.56 Å². The van der Waals surface area contributed by atoms with Gasteiger partial charge in [0.15, 0.2) is 0 Å². The van der Waals surface area contributed by atoms with Crippen LogP contribution < -0.4 is 0 Å². The van der Waals surface area contributed by atoms with Crippen molar-refractivity contribution in [2.45, 2.75) is 32.9 Å². The molecule has 1 rings (SSSR count). The number of likely N-dealkylation sites (N-methyl/N-ethyl adjacent to an activating group) is 1. The second kappa shape index (κ2) is 6.50. The average molecular weight is 253 g/mol. The molecular formula is C14H20FNO2. The van der Waals surface area contributed by atoms with Gasteiger partial charge in [-0.2, -0.15) is 0 Å². The van der Waals surface area contributed by atoms with Gasteiger partial charge in [0.2, 0.25) is 5.91 Å². The molecule has 0 N–H and O–H groups in total. The summed E-state index contributed by atoms with van der Waals surface area (Å²) >= 11 is 0. The zero-order chi connectivity index (χ0) is 13.7. The quantitative estimate of drug-likeness (QED) is 0.807. The lowest BCUT2D eigenvalue weighted by Crippen LogP contribution is -2.33. The molecule has 1 aromatic rings. The van der Waals surface area contributed by atoms with E-state index in [0.717, 1.165) is 0 Å². The minimum Gasteiger partial charge on any atom is -0.369 e. The molecule has 100 valence electrons. The van der Waals surface area contributed by atoms with Crippen molar-refractivity contribution in [2.75, 3.05) is 13.7 Å². The molecule has 0 saturated heterocycles. The molecule has 1 amide bonds. The summed E-state index contributed by atoms with van der Waals surface area (Å²) in [6.45, 7) is 5.56. The van der Waals surface area contributed by atoms with E-state index >= 15 is 0 Å². The fourth-order valence-electron chi connectivity index (χ4n) is 1.58. The Morgan fingerprint density at radius 2 is 1.94 bits per heavy atom. The summed E-state index contributed by atoms with van der Waals surface area (Å²) in [5.74, 6) is -0.450. The number of nitrogens with zero attached hydrogens (tertiary/aromatic N) is 1. The predicted octanol–water partition coefficient (Wildman–Crippen LogP) is 2.77. The Morgan fingerprint density at radius 1 is 1.33 bits per heavy atom. The SMILES string of the molecule is CC(C)OCC(=O)N(C)C(C)c1ccccc1F. The van der Waals surface area contributed by atoms with Crippen LogP contribution >= 0.6 is 0 Å². The summed E-state index contributed by atoms with van der Waals surface area (Å²) in [7, 11) is 1.66. The highest BCUT2D eigenvalue weighted by Gasteiger charge is 2.19. The Labute approximate surface area is 108 Å². The van der Waals surface area contributed by atoms with Crippen molar-refractivity contribution in [3.05, 3.63) is 35.6 Å². The highest BCUT2D eigenvalue weighted by molar-refractivity contribution is 5.77. The molecule has 0 heterocycles. The Hall–Kier alpha value is -1.42. The average Bonchev–Trinajstić information content (AvgIpc) is 2.34. The fourth-order valence-corrected chi connectivity index (χ4v) is 1.58. The number of hydrogen-bond donors (Lipinski definition) is 0. The van der Waals surface area contributed by atoms with E-state index in [1.165, 1.54) is 11.0 Å². The predicted molar refractivity (Wildman–Crippen MR) is 68.7 cm³/mol. The largest absolute Gasteiger partial charge is 0.369 e. The van der Waals surface area contributed by atoms with Gasteiger partial charge in [0, 0.05) is 12.6 Å². The van der Waals surface area contributed by atoms with Crippen LogP contribution in [0.25, 0.3) is 0 Å². The highest BCUT2D eigenvalue weighted by Crippen LogP contribution is 2.21. The lowest BCUT2D eigenvalue weighted by atomic mass is 10.1. The number of rotatable bonds is 5. The first-order chi connectivity index (χ1) is 8.43. The Morgan fingerprint density at radius 3 is 2.50 bits per heavy atom. The molecule has 0 aliphatic rings. The number of halogens is 1. The smallest absolute Gasteiger partial charge is 0.248 e. The zero-order valence-corrected chi connectivity index (χ0v) is 11.3. The third-order valence-corrected chi connectivity index (χ3v) is 2.87. The van der Waals surface area contributed by atoms with Gasteiger partial charge < -0.3 is 9.64 Å². The van der Waals surface area contributed by atoms with Gasteiger partial charge in [-0.1, -0.05) is 18.2 Å². The summed E-state index contributed by atoms with van der Waals surface area (Å²) in [4.78, 5) is 13.4. The third-order valence-electron chi connectivity index (χ3n) is 2.87. The maximum absolute atomic E-state index is 13.6. The molecule has 0 aromatic heterocycles. The van der Waals surface area contributed by atoms with Crippen LogP contribution in [0.15, 0.2) is 24.3 Å². The van der Waals surface area contributed by atoms with Crippen molar-refractivity contribution >= 4 is 5.91 Å². The normalized spacial score (nSPS) is 12.6. The van der Waals surface area contributed by atoms with E-state index in [1.54, 1.807) is 32.2 Å². The van der Waals surface area contributed by atoms with Crippen LogP contribution in [0.3, 0.4) is 0 Å². The van der Waals surface area contributed by atoms with Gasteiger partial charge in [-0.3, -0.25) is 4.79 Å². The van der Waals surface area contributed by atoms with Gasteiger partial charge in [0.25, 0.3) is 0 Å². The standard InChI is InChI=1S/C14H20FNO2/c1-10(2)18-9-14(17)16(4)11(3)12-7-5-6-8-13(12)15/h5-8,10-11H,9H2,1-4H3. The number of ether oxygens (including phenoxy) is 1. The molecule has 1 aromatic carbocycles. The van der Waals surface area contributed by atoms with E-state index in [4.69, 9.17) is 4.74 Å². The molecule has 1 unspecified atom stereocenters. The van der Waals surface area contributed by atoms with Crippen molar-refractivity contribution in [1.29, 1.82) is 0 Å². The molecule has 18 heavy (non-hydrogen) atoms. The first-order valence-corrected chi connectivity index (χ1v) is 6.05. The van der Waals surface area contributed by atoms with Gasteiger partial charge in [-0.25, -0.2) is 4.39 Å². The Balaban J connectivity index is 2.69. The molecule has 1 atom stereocenters. The van der Waals surface area contributed by atoms with E-state index in [-0.39, 0.29) is 30.5 Å². The number of carbonyl (C=O) groups is 1. The molecule has 0 spiro atoms. The van der Waals surface area contributed by atoms with Crippen LogP contribution in [0.2, 0.25) is 0 Å². The first kappa shape index (κ1) is 14.6. The maximum atomic E-state index is 13.6. The summed E-state index contributed by atoms with van der Waals surface area (Å²) in [6, 6.07) is 6.17. The van der Waals surface area contributed by atoms with Gasteiger partial charge in [-0.15, -0.1) is 0 Å².